The third kappa shape index (κ3) is 2.51. The highest BCUT2D eigenvalue weighted by molar-refractivity contribution is 6.30. The Morgan fingerprint density at radius 1 is 1.16 bits per heavy atom. The van der Waals surface area contributed by atoms with E-state index in [4.69, 9.17) is 21.1 Å². The van der Waals surface area contributed by atoms with Gasteiger partial charge in [0.1, 0.15) is 12.2 Å². The zero-order valence-corrected chi connectivity index (χ0v) is 15.9. The maximum absolute atomic E-state index is 6.27. The van der Waals surface area contributed by atoms with E-state index in [1.54, 1.807) is 6.20 Å². The fourth-order valence-corrected chi connectivity index (χ4v) is 4.19. The number of halogens is 1. The fourth-order valence-electron chi connectivity index (χ4n) is 4.08. The number of likely N-dealkylation sites (N-methyl/N-ethyl adjacent to an activating group) is 1. The van der Waals surface area contributed by atoms with Crippen LogP contribution >= 0.6 is 11.6 Å². The van der Waals surface area contributed by atoms with Gasteiger partial charge >= 0.3 is 0 Å². The summed E-state index contributed by atoms with van der Waals surface area (Å²) in [4.78, 5) is 4.37. The lowest BCUT2D eigenvalue weighted by molar-refractivity contribution is -0.831. The number of fused-ring (bicyclic) bond motifs is 2. The van der Waals surface area contributed by atoms with E-state index >= 15 is 0 Å². The molecule has 0 bridgehead atoms. The zero-order chi connectivity index (χ0) is 17.8. The zero-order valence-electron chi connectivity index (χ0n) is 15.1. The number of para-hydroxylation sites is 1. The maximum Gasteiger partial charge on any atom is 0.292 e. The van der Waals surface area contributed by atoms with Gasteiger partial charge in [-0.25, -0.2) is 0 Å². The average molecular weight is 360 g/mol. The van der Waals surface area contributed by atoms with Gasteiger partial charge in [0.15, 0.2) is 17.5 Å². The smallest absolute Gasteiger partial charge is 0.292 e. The first kappa shape index (κ1) is 16.7. The molecular weight excluding hydrogens is 336 g/mol. The van der Waals surface area contributed by atoms with Crippen LogP contribution in [-0.4, -0.2) is 35.6 Å². The van der Waals surface area contributed by atoms with Crippen molar-refractivity contribution in [3.63, 3.8) is 0 Å². The number of rotatable bonds is 2. The van der Waals surface area contributed by atoms with Crippen LogP contribution in [0.15, 0.2) is 36.5 Å². The lowest BCUT2D eigenvalue weighted by Crippen LogP contribution is -2.43. The van der Waals surface area contributed by atoms with Crippen molar-refractivity contribution in [2.24, 2.45) is 0 Å². The molecule has 4 atom stereocenters. The highest BCUT2D eigenvalue weighted by atomic mass is 35.5. The van der Waals surface area contributed by atoms with Crippen molar-refractivity contribution in [2.75, 3.05) is 20.1 Å². The van der Waals surface area contributed by atoms with Crippen molar-refractivity contribution in [3.05, 3.63) is 52.8 Å². The SMILES string of the molecule is CC.CC1(c2ccc(Cl)cn2)Oc2cccc(C3C[N+]4(C)CC34)c2O1. The van der Waals surface area contributed by atoms with E-state index in [9.17, 15) is 0 Å². The molecule has 25 heavy (non-hydrogen) atoms. The third-order valence-corrected chi connectivity index (χ3v) is 5.78. The van der Waals surface area contributed by atoms with Crippen LogP contribution in [0.5, 0.6) is 11.5 Å². The van der Waals surface area contributed by atoms with Crippen molar-refractivity contribution >= 4 is 11.6 Å². The molecule has 132 valence electrons. The van der Waals surface area contributed by atoms with Crippen LogP contribution in [0.25, 0.3) is 0 Å². The molecule has 4 heterocycles. The Morgan fingerprint density at radius 3 is 2.56 bits per heavy atom. The lowest BCUT2D eigenvalue weighted by Gasteiger charge is -2.32. The number of nitrogens with zero attached hydrogens (tertiary/aromatic N) is 2. The molecule has 2 aromatic rings. The number of aromatic nitrogens is 1. The first-order valence-corrected chi connectivity index (χ1v) is 9.33. The summed E-state index contributed by atoms with van der Waals surface area (Å²) in [7, 11) is 2.32. The molecule has 1 aromatic heterocycles. The van der Waals surface area contributed by atoms with Gasteiger partial charge in [-0.2, -0.15) is 0 Å². The van der Waals surface area contributed by atoms with Crippen LogP contribution in [0.3, 0.4) is 0 Å². The molecule has 2 fully saturated rings. The molecule has 4 nitrogen and oxygen atoms in total. The second-order valence-electron chi connectivity index (χ2n) is 7.20. The Morgan fingerprint density at radius 2 is 1.96 bits per heavy atom. The van der Waals surface area contributed by atoms with E-state index in [1.165, 1.54) is 23.1 Å². The van der Waals surface area contributed by atoms with E-state index in [0.29, 0.717) is 10.9 Å². The lowest BCUT2D eigenvalue weighted by atomic mass is 9.89. The Labute approximate surface area is 153 Å². The van der Waals surface area contributed by atoms with Crippen LogP contribution in [0.1, 0.15) is 37.9 Å². The number of ether oxygens (including phenoxy) is 2. The largest absolute Gasteiger partial charge is 0.443 e. The first-order chi connectivity index (χ1) is 12.0. The number of quaternary nitrogens is 1. The van der Waals surface area contributed by atoms with Gasteiger partial charge in [-0.05, 0) is 18.2 Å². The molecular formula is C20H24ClN2O2+. The van der Waals surface area contributed by atoms with Crippen LogP contribution in [0, 0.1) is 0 Å². The van der Waals surface area contributed by atoms with Gasteiger partial charge < -0.3 is 14.0 Å². The van der Waals surface area contributed by atoms with Crippen molar-refractivity contribution in [3.8, 4) is 11.5 Å². The Bertz CT molecular complexity index is 810. The molecule has 3 aliphatic rings. The minimum absolute atomic E-state index is 0.582. The van der Waals surface area contributed by atoms with Crippen LogP contribution in [0.4, 0.5) is 0 Å². The van der Waals surface area contributed by atoms with Crippen molar-refractivity contribution in [1.29, 1.82) is 0 Å². The monoisotopic (exact) mass is 359 g/mol. The van der Waals surface area contributed by atoms with Gasteiger partial charge in [0.2, 0.25) is 0 Å². The molecule has 4 unspecified atom stereocenters. The summed E-state index contributed by atoms with van der Waals surface area (Å²) in [5.74, 6) is 1.38. The number of pyridine rings is 1. The normalized spacial score (nSPS) is 33.6. The summed E-state index contributed by atoms with van der Waals surface area (Å²) in [6.45, 7) is 8.39. The average Bonchev–Trinajstić information content (AvgIpc) is 2.97. The van der Waals surface area contributed by atoms with E-state index in [0.717, 1.165) is 23.2 Å². The number of hydrogen-bond acceptors (Lipinski definition) is 3. The summed E-state index contributed by atoms with van der Waals surface area (Å²) in [6.07, 6.45) is 1.62. The summed E-state index contributed by atoms with van der Waals surface area (Å²) < 4.78 is 13.6. The number of hydrogen-bond donors (Lipinski definition) is 0. The molecule has 2 saturated heterocycles. The summed E-state index contributed by atoms with van der Waals surface area (Å²) in [6, 6.07) is 10.6. The topological polar surface area (TPSA) is 31.4 Å². The highest BCUT2D eigenvalue weighted by Gasteiger charge is 2.68. The van der Waals surface area contributed by atoms with E-state index in [2.05, 4.69) is 24.2 Å². The quantitative estimate of drug-likeness (QED) is 0.590. The molecule has 0 saturated carbocycles. The minimum Gasteiger partial charge on any atom is -0.443 e. The molecule has 0 amide bonds. The van der Waals surface area contributed by atoms with E-state index in [1.807, 2.05) is 39.0 Å². The second kappa shape index (κ2) is 5.61. The molecule has 0 aliphatic carbocycles. The molecule has 0 spiro atoms. The van der Waals surface area contributed by atoms with Crippen molar-refractivity contribution < 1.29 is 14.0 Å². The summed E-state index contributed by atoms with van der Waals surface area (Å²) in [5, 5.41) is 0.605. The third-order valence-electron chi connectivity index (χ3n) is 5.55. The maximum atomic E-state index is 6.27. The van der Waals surface area contributed by atoms with Gasteiger partial charge in [-0.1, -0.05) is 37.6 Å². The molecule has 1 aromatic carbocycles. The predicted molar refractivity (Wildman–Crippen MR) is 98.1 cm³/mol. The van der Waals surface area contributed by atoms with E-state index < -0.39 is 5.79 Å². The van der Waals surface area contributed by atoms with Crippen LogP contribution < -0.4 is 9.47 Å². The summed E-state index contributed by atoms with van der Waals surface area (Å²) in [5.41, 5.74) is 2.00. The Balaban J connectivity index is 0.000000758. The summed E-state index contributed by atoms with van der Waals surface area (Å²) >= 11 is 5.93. The molecule has 3 aliphatic heterocycles. The minimum atomic E-state index is -0.894. The van der Waals surface area contributed by atoms with Crippen LogP contribution in [-0.2, 0) is 5.79 Å². The Hall–Kier alpha value is -1.78. The highest BCUT2D eigenvalue weighted by Crippen LogP contribution is 2.56. The van der Waals surface area contributed by atoms with Crippen molar-refractivity contribution in [1.82, 2.24) is 4.98 Å². The second-order valence-corrected chi connectivity index (χ2v) is 7.64. The van der Waals surface area contributed by atoms with Crippen molar-refractivity contribution in [2.45, 2.75) is 38.5 Å². The predicted octanol–water partition coefficient (Wildman–Crippen LogP) is 4.33. The van der Waals surface area contributed by atoms with Gasteiger partial charge in [0, 0.05) is 18.7 Å². The van der Waals surface area contributed by atoms with Gasteiger partial charge in [-0.15, -0.1) is 0 Å². The fraction of sp³-hybridized carbons (Fsp3) is 0.450. The number of benzene rings is 1. The standard InChI is InChI=1S/C18H18ClN2O2.C2H6/c1-18(16-7-6-11(19)8-20-16)22-15-5-3-4-12(17(15)23-18)13-9-21(2)10-14(13)21;1-2/h3-8,13-14H,9-10H2,1-2H3;1-2H3/q+1;. The van der Waals surface area contributed by atoms with Crippen LogP contribution in [0.2, 0.25) is 5.02 Å². The van der Waals surface area contributed by atoms with Gasteiger partial charge in [-0.3, -0.25) is 4.98 Å². The molecule has 0 radical (unpaired) electrons. The molecule has 5 rings (SSSR count). The Kier molecular flexibility index (Phi) is 3.74. The van der Waals surface area contributed by atoms with Gasteiger partial charge in [0.25, 0.3) is 5.79 Å². The molecule has 5 heteroatoms. The van der Waals surface area contributed by atoms with E-state index in [-0.39, 0.29) is 0 Å². The molecule has 0 N–H and O–H groups in total. The van der Waals surface area contributed by atoms with Gasteiger partial charge in [0.05, 0.1) is 24.5 Å². The first-order valence-electron chi connectivity index (χ1n) is 8.96.